The van der Waals surface area contributed by atoms with Gasteiger partial charge in [-0.1, -0.05) is 6.92 Å². The monoisotopic (exact) mass is 416 g/mol. The van der Waals surface area contributed by atoms with Gasteiger partial charge in [-0.05, 0) is 62.9 Å². The lowest BCUT2D eigenvalue weighted by Gasteiger charge is -2.13. The molecule has 21 heavy (non-hydrogen) atoms. The maximum Gasteiger partial charge on any atom is 0.150 e. The second-order valence-corrected chi connectivity index (χ2v) is 6.17. The molecule has 1 aromatic heterocycles. The standard InChI is InChI=1S/C14H15Br2FN4/c1-3-4-18-13-12(16)14(20-7-19-13)21-11-6-9(15)10(17)5-8(11)2/h5-7H,3-4H2,1-2H3,(H2,18,19,20,21). The molecule has 112 valence electrons. The van der Waals surface area contributed by atoms with Crippen molar-refractivity contribution in [1.82, 2.24) is 9.97 Å². The maximum atomic E-state index is 13.5. The first-order valence-electron chi connectivity index (χ1n) is 6.50. The number of nitrogens with one attached hydrogen (secondary N) is 2. The van der Waals surface area contributed by atoms with Crippen LogP contribution in [0, 0.1) is 12.7 Å². The second kappa shape index (κ2) is 7.17. The summed E-state index contributed by atoms with van der Waals surface area (Å²) in [7, 11) is 0. The Kier molecular flexibility index (Phi) is 5.52. The molecule has 1 heterocycles. The summed E-state index contributed by atoms with van der Waals surface area (Å²) in [4.78, 5) is 8.41. The SMILES string of the molecule is CCCNc1ncnc(Nc2cc(Br)c(F)cc2C)c1Br. The van der Waals surface area contributed by atoms with Gasteiger partial charge in [0.05, 0.1) is 4.47 Å². The third-order valence-corrected chi connectivity index (χ3v) is 4.21. The first-order chi connectivity index (χ1) is 10.0. The minimum absolute atomic E-state index is 0.287. The van der Waals surface area contributed by atoms with Crippen LogP contribution in [0.4, 0.5) is 21.7 Å². The highest BCUT2D eigenvalue weighted by Gasteiger charge is 2.11. The van der Waals surface area contributed by atoms with Gasteiger partial charge in [0.15, 0.2) is 0 Å². The predicted octanol–water partition coefficient (Wildman–Crippen LogP) is 5.01. The van der Waals surface area contributed by atoms with E-state index in [1.807, 2.05) is 6.92 Å². The lowest BCUT2D eigenvalue weighted by atomic mass is 10.2. The van der Waals surface area contributed by atoms with E-state index in [2.05, 4.69) is 59.4 Å². The van der Waals surface area contributed by atoms with Crippen LogP contribution in [0.3, 0.4) is 0 Å². The molecule has 0 atom stereocenters. The molecule has 0 saturated heterocycles. The Balaban J connectivity index is 2.29. The number of hydrogen-bond acceptors (Lipinski definition) is 4. The zero-order chi connectivity index (χ0) is 15.4. The molecule has 2 rings (SSSR count). The molecule has 1 aromatic carbocycles. The Hall–Kier alpha value is -1.21. The van der Waals surface area contributed by atoms with Crippen molar-refractivity contribution in [1.29, 1.82) is 0 Å². The first kappa shape index (κ1) is 16.2. The van der Waals surface area contributed by atoms with Crippen LogP contribution in [0.5, 0.6) is 0 Å². The molecule has 0 aliphatic carbocycles. The first-order valence-corrected chi connectivity index (χ1v) is 8.08. The third-order valence-electron chi connectivity index (χ3n) is 2.85. The van der Waals surface area contributed by atoms with Gasteiger partial charge in [0.1, 0.15) is 28.3 Å². The fourth-order valence-corrected chi connectivity index (χ4v) is 2.52. The molecule has 0 aliphatic heterocycles. The van der Waals surface area contributed by atoms with Gasteiger partial charge >= 0.3 is 0 Å². The molecule has 0 aliphatic rings. The van der Waals surface area contributed by atoms with Crippen molar-refractivity contribution in [3.63, 3.8) is 0 Å². The predicted molar refractivity (Wildman–Crippen MR) is 90.6 cm³/mol. The zero-order valence-electron chi connectivity index (χ0n) is 11.7. The second-order valence-electron chi connectivity index (χ2n) is 4.52. The van der Waals surface area contributed by atoms with Crippen LogP contribution in [0.15, 0.2) is 27.4 Å². The van der Waals surface area contributed by atoms with Crippen molar-refractivity contribution in [2.24, 2.45) is 0 Å². The van der Waals surface area contributed by atoms with Crippen LogP contribution in [0.1, 0.15) is 18.9 Å². The molecule has 0 bridgehead atoms. The lowest BCUT2D eigenvalue weighted by molar-refractivity contribution is 0.620. The quantitative estimate of drug-likeness (QED) is 0.717. The summed E-state index contributed by atoms with van der Waals surface area (Å²) < 4.78 is 14.6. The van der Waals surface area contributed by atoms with Crippen molar-refractivity contribution in [2.45, 2.75) is 20.3 Å². The summed E-state index contributed by atoms with van der Waals surface area (Å²) in [5, 5.41) is 6.41. The van der Waals surface area contributed by atoms with Crippen molar-refractivity contribution < 1.29 is 4.39 Å². The average Bonchev–Trinajstić information content (AvgIpc) is 2.45. The van der Waals surface area contributed by atoms with Gasteiger partial charge in [-0.3, -0.25) is 0 Å². The van der Waals surface area contributed by atoms with E-state index in [0.717, 1.165) is 34.5 Å². The van der Waals surface area contributed by atoms with Crippen molar-refractivity contribution in [3.8, 4) is 0 Å². The zero-order valence-corrected chi connectivity index (χ0v) is 14.8. The van der Waals surface area contributed by atoms with Crippen molar-refractivity contribution >= 4 is 49.2 Å². The van der Waals surface area contributed by atoms with Gasteiger partial charge in [-0.25, -0.2) is 14.4 Å². The molecular weight excluding hydrogens is 403 g/mol. The van der Waals surface area contributed by atoms with Gasteiger partial charge in [-0.2, -0.15) is 0 Å². The number of aromatic nitrogens is 2. The summed E-state index contributed by atoms with van der Waals surface area (Å²) in [5.74, 6) is 1.07. The molecule has 0 spiro atoms. The number of anilines is 3. The van der Waals surface area contributed by atoms with E-state index in [4.69, 9.17) is 0 Å². The third kappa shape index (κ3) is 3.91. The number of benzene rings is 1. The lowest BCUT2D eigenvalue weighted by Crippen LogP contribution is -2.05. The number of hydrogen-bond donors (Lipinski definition) is 2. The van der Waals surface area contributed by atoms with Gasteiger partial charge in [0.25, 0.3) is 0 Å². The Labute approximate surface area is 139 Å². The highest BCUT2D eigenvalue weighted by Crippen LogP contribution is 2.31. The van der Waals surface area contributed by atoms with E-state index in [0.29, 0.717) is 10.3 Å². The van der Waals surface area contributed by atoms with Gasteiger partial charge in [0.2, 0.25) is 0 Å². The Morgan fingerprint density at radius 1 is 1.19 bits per heavy atom. The van der Waals surface area contributed by atoms with E-state index >= 15 is 0 Å². The van der Waals surface area contributed by atoms with Crippen molar-refractivity contribution in [2.75, 3.05) is 17.2 Å². The Morgan fingerprint density at radius 3 is 2.62 bits per heavy atom. The van der Waals surface area contributed by atoms with E-state index in [1.54, 1.807) is 6.07 Å². The highest BCUT2D eigenvalue weighted by molar-refractivity contribution is 9.11. The van der Waals surface area contributed by atoms with E-state index in [9.17, 15) is 4.39 Å². The van der Waals surface area contributed by atoms with Gasteiger partial charge in [-0.15, -0.1) is 0 Å². The van der Waals surface area contributed by atoms with Gasteiger partial charge < -0.3 is 10.6 Å². The maximum absolute atomic E-state index is 13.5. The van der Waals surface area contributed by atoms with Crippen LogP contribution in [-0.2, 0) is 0 Å². The van der Waals surface area contributed by atoms with Gasteiger partial charge in [0, 0.05) is 12.2 Å². The number of aryl methyl sites for hydroxylation is 1. The summed E-state index contributed by atoms with van der Waals surface area (Å²) in [6.07, 6.45) is 2.49. The summed E-state index contributed by atoms with van der Waals surface area (Å²) >= 11 is 6.68. The summed E-state index contributed by atoms with van der Waals surface area (Å²) in [5.41, 5.74) is 1.58. The average molecular weight is 418 g/mol. The van der Waals surface area contributed by atoms with Crippen molar-refractivity contribution in [3.05, 3.63) is 38.8 Å². The normalized spacial score (nSPS) is 10.5. The topological polar surface area (TPSA) is 49.8 Å². The molecule has 0 radical (unpaired) electrons. The van der Waals surface area contributed by atoms with Crippen LogP contribution in [0.25, 0.3) is 0 Å². The fourth-order valence-electron chi connectivity index (χ4n) is 1.73. The molecule has 7 heteroatoms. The van der Waals surface area contributed by atoms with Crippen LogP contribution in [0.2, 0.25) is 0 Å². The Bertz CT molecular complexity index is 649. The minimum atomic E-state index is -0.287. The molecule has 0 unspecified atom stereocenters. The van der Waals surface area contributed by atoms with Crippen LogP contribution >= 0.6 is 31.9 Å². The molecule has 4 nitrogen and oxygen atoms in total. The summed E-state index contributed by atoms with van der Waals surface area (Å²) in [6, 6.07) is 3.16. The van der Waals surface area contributed by atoms with Crippen LogP contribution in [-0.4, -0.2) is 16.5 Å². The molecule has 2 N–H and O–H groups in total. The highest BCUT2D eigenvalue weighted by atomic mass is 79.9. The van der Waals surface area contributed by atoms with E-state index < -0.39 is 0 Å². The van der Waals surface area contributed by atoms with E-state index in [-0.39, 0.29) is 5.82 Å². The number of halogens is 3. The molecule has 0 amide bonds. The number of nitrogens with zero attached hydrogens (tertiary/aromatic N) is 2. The molecule has 0 fully saturated rings. The minimum Gasteiger partial charge on any atom is -0.369 e. The van der Waals surface area contributed by atoms with Crippen LogP contribution < -0.4 is 10.6 Å². The molecule has 2 aromatic rings. The molecule has 0 saturated carbocycles. The largest absolute Gasteiger partial charge is 0.369 e. The summed E-state index contributed by atoms with van der Waals surface area (Å²) in [6.45, 7) is 4.75. The fraction of sp³-hybridized carbons (Fsp3) is 0.286. The number of rotatable bonds is 5. The van der Waals surface area contributed by atoms with E-state index in [1.165, 1.54) is 12.4 Å². The molecular formula is C14H15Br2FN4. The Morgan fingerprint density at radius 2 is 1.90 bits per heavy atom. The smallest absolute Gasteiger partial charge is 0.150 e.